The van der Waals surface area contributed by atoms with Crippen molar-refractivity contribution in [1.82, 2.24) is 0 Å². The summed E-state index contributed by atoms with van der Waals surface area (Å²) in [4.78, 5) is 28.6. The Kier molecular flexibility index (Phi) is 11.1. The first kappa shape index (κ1) is 32.0. The molecule has 0 spiro atoms. The number of halogens is 1. The van der Waals surface area contributed by atoms with Gasteiger partial charge in [0.1, 0.15) is 17.3 Å². The second kappa shape index (κ2) is 15.6. The Morgan fingerprint density at radius 2 is 1.51 bits per heavy atom. The summed E-state index contributed by atoms with van der Waals surface area (Å²) in [6, 6.07) is 28.9. The third kappa shape index (κ3) is 8.03. The van der Waals surface area contributed by atoms with Crippen molar-refractivity contribution in [3.8, 4) is 22.6 Å². The molecule has 0 radical (unpaired) electrons. The lowest BCUT2D eigenvalue weighted by Gasteiger charge is -2.29. The number of carbonyl (C=O) groups is 2. The third-order valence-electron chi connectivity index (χ3n) is 7.67. The van der Waals surface area contributed by atoms with Crippen LogP contribution in [-0.4, -0.2) is 29.5 Å². The standard InChI is InChI=1S/C38H38FNO4S/c1-3-5-24-43-32-20-21-33(35(26-32)44-25-6-4-2)37-36(23-22-34(41)29-12-16-30(39)17-13-29)45-38(42)40(37)31-18-14-28(15-19-31)27-10-8-7-9-11-27/h7-23,26,36-37H,3-6,24-25H2,1-2H3/b23-22+/t36-,37-/m1/s1. The molecule has 1 saturated heterocycles. The van der Waals surface area contributed by atoms with E-state index in [4.69, 9.17) is 9.47 Å². The number of benzene rings is 4. The molecule has 232 valence electrons. The molecule has 4 aromatic carbocycles. The monoisotopic (exact) mass is 623 g/mol. The lowest BCUT2D eigenvalue weighted by Crippen LogP contribution is -2.29. The minimum Gasteiger partial charge on any atom is -0.493 e. The van der Waals surface area contributed by atoms with Gasteiger partial charge in [0.2, 0.25) is 0 Å². The van der Waals surface area contributed by atoms with E-state index in [1.54, 1.807) is 11.0 Å². The number of thioether (sulfide) groups is 1. The zero-order valence-corrected chi connectivity index (χ0v) is 26.5. The second-order valence-corrected chi connectivity index (χ2v) is 12.0. The van der Waals surface area contributed by atoms with E-state index in [9.17, 15) is 14.0 Å². The molecule has 0 aromatic heterocycles. The Morgan fingerprint density at radius 3 is 2.20 bits per heavy atom. The van der Waals surface area contributed by atoms with E-state index in [0.29, 0.717) is 30.3 Å². The van der Waals surface area contributed by atoms with Crippen molar-refractivity contribution in [3.63, 3.8) is 0 Å². The van der Waals surface area contributed by atoms with E-state index >= 15 is 0 Å². The van der Waals surface area contributed by atoms with E-state index in [0.717, 1.165) is 48.1 Å². The van der Waals surface area contributed by atoms with E-state index in [1.807, 2.05) is 60.7 Å². The number of unbranched alkanes of at least 4 members (excludes halogenated alkanes) is 2. The summed E-state index contributed by atoms with van der Waals surface area (Å²) < 4.78 is 25.8. The molecule has 4 aromatic rings. The molecule has 1 amide bonds. The normalized spacial score (nSPS) is 16.3. The quantitative estimate of drug-likeness (QED) is 0.0795. The smallest absolute Gasteiger partial charge is 0.287 e. The predicted molar refractivity (Wildman–Crippen MR) is 181 cm³/mol. The van der Waals surface area contributed by atoms with Gasteiger partial charge in [-0.05, 0) is 78.6 Å². The van der Waals surface area contributed by atoms with Crippen molar-refractivity contribution in [1.29, 1.82) is 0 Å². The molecule has 1 aliphatic rings. The molecule has 0 saturated carbocycles. The first-order valence-electron chi connectivity index (χ1n) is 15.5. The van der Waals surface area contributed by atoms with Gasteiger partial charge < -0.3 is 9.47 Å². The SMILES string of the molecule is CCCCOc1ccc([C@@H]2[C@@H](/C=C/C(=O)c3ccc(F)cc3)SC(=O)N2c2ccc(-c3ccccc3)cc2)c(OCCCC)c1. The molecule has 5 nitrogen and oxygen atoms in total. The number of ketones is 1. The number of ether oxygens (including phenoxy) is 2. The highest BCUT2D eigenvalue weighted by Crippen LogP contribution is 2.48. The molecule has 0 aliphatic carbocycles. The molecule has 1 fully saturated rings. The van der Waals surface area contributed by atoms with Crippen molar-refractivity contribution >= 4 is 28.5 Å². The van der Waals surface area contributed by atoms with Crippen LogP contribution in [0, 0.1) is 5.82 Å². The lowest BCUT2D eigenvalue weighted by molar-refractivity contribution is 0.104. The van der Waals surface area contributed by atoms with Gasteiger partial charge in [0.25, 0.3) is 5.24 Å². The average Bonchev–Trinajstić information content (AvgIpc) is 3.40. The van der Waals surface area contributed by atoms with Crippen molar-refractivity contribution in [2.45, 2.75) is 50.8 Å². The molecule has 0 bridgehead atoms. The Labute approximate surface area is 269 Å². The van der Waals surface area contributed by atoms with Crippen molar-refractivity contribution in [2.24, 2.45) is 0 Å². The van der Waals surface area contributed by atoms with Gasteiger partial charge in [-0.1, -0.05) is 87.0 Å². The number of rotatable bonds is 14. The van der Waals surface area contributed by atoms with Gasteiger partial charge in [0, 0.05) is 22.9 Å². The first-order chi connectivity index (χ1) is 22.0. The third-order valence-corrected chi connectivity index (χ3v) is 8.75. The summed E-state index contributed by atoms with van der Waals surface area (Å²) >= 11 is 1.17. The van der Waals surface area contributed by atoms with Gasteiger partial charge in [0.05, 0.1) is 24.5 Å². The van der Waals surface area contributed by atoms with E-state index in [2.05, 4.69) is 26.0 Å². The highest BCUT2D eigenvalue weighted by molar-refractivity contribution is 8.15. The average molecular weight is 624 g/mol. The summed E-state index contributed by atoms with van der Waals surface area (Å²) in [6.07, 6.45) is 7.10. The second-order valence-electron chi connectivity index (χ2n) is 10.9. The van der Waals surface area contributed by atoms with Crippen LogP contribution in [0.5, 0.6) is 11.5 Å². The van der Waals surface area contributed by atoms with Crippen molar-refractivity contribution < 1.29 is 23.5 Å². The number of allylic oxidation sites excluding steroid dienone is 1. The van der Waals surface area contributed by atoms with Crippen LogP contribution in [0.4, 0.5) is 14.9 Å². The molecule has 5 rings (SSSR count). The molecule has 1 aliphatic heterocycles. The maximum Gasteiger partial charge on any atom is 0.287 e. The van der Waals surface area contributed by atoms with Gasteiger partial charge in [-0.3, -0.25) is 14.5 Å². The van der Waals surface area contributed by atoms with E-state index in [-0.39, 0.29) is 11.0 Å². The fourth-order valence-electron chi connectivity index (χ4n) is 5.20. The van der Waals surface area contributed by atoms with E-state index in [1.165, 1.54) is 42.1 Å². The van der Waals surface area contributed by atoms with Crippen LogP contribution >= 0.6 is 11.8 Å². The predicted octanol–water partition coefficient (Wildman–Crippen LogP) is 10.1. The number of anilines is 1. The fraction of sp³-hybridized carbons (Fsp3) is 0.263. The maximum atomic E-state index is 13.8. The minimum atomic E-state index is -0.455. The summed E-state index contributed by atoms with van der Waals surface area (Å²) in [5.74, 6) is 0.714. The van der Waals surface area contributed by atoms with Crippen LogP contribution in [0.25, 0.3) is 11.1 Å². The number of nitrogens with zero attached hydrogens (tertiary/aromatic N) is 1. The summed E-state index contributed by atoms with van der Waals surface area (Å²) in [7, 11) is 0. The fourth-order valence-corrected chi connectivity index (χ4v) is 6.32. The summed E-state index contributed by atoms with van der Waals surface area (Å²) in [5.41, 5.74) is 4.11. The largest absolute Gasteiger partial charge is 0.493 e. The van der Waals surface area contributed by atoms with Gasteiger partial charge in [0.15, 0.2) is 5.78 Å². The molecule has 2 atom stereocenters. The molecule has 7 heteroatoms. The van der Waals surface area contributed by atoms with Crippen LogP contribution in [0.3, 0.4) is 0 Å². The van der Waals surface area contributed by atoms with Gasteiger partial charge in [-0.2, -0.15) is 0 Å². The zero-order valence-electron chi connectivity index (χ0n) is 25.7. The highest BCUT2D eigenvalue weighted by atomic mass is 32.2. The van der Waals surface area contributed by atoms with Crippen LogP contribution in [0.1, 0.15) is 61.5 Å². The van der Waals surface area contributed by atoms with Gasteiger partial charge in [-0.25, -0.2) is 4.39 Å². The van der Waals surface area contributed by atoms with Gasteiger partial charge >= 0.3 is 0 Å². The van der Waals surface area contributed by atoms with Crippen LogP contribution in [-0.2, 0) is 0 Å². The van der Waals surface area contributed by atoms with Crippen molar-refractivity contribution in [3.05, 3.63) is 126 Å². The molecular formula is C38H38FNO4S. The Hall–Kier alpha value is -4.36. The minimum absolute atomic E-state index is 0.126. The summed E-state index contributed by atoms with van der Waals surface area (Å²) in [5, 5.41) is -0.518. The number of amides is 1. The lowest BCUT2D eigenvalue weighted by atomic mass is 9.98. The van der Waals surface area contributed by atoms with Gasteiger partial charge in [-0.15, -0.1) is 0 Å². The number of hydrogen-bond donors (Lipinski definition) is 0. The number of carbonyl (C=O) groups excluding carboxylic acids is 2. The van der Waals surface area contributed by atoms with E-state index < -0.39 is 17.1 Å². The molecular weight excluding hydrogens is 585 g/mol. The number of hydrogen-bond acceptors (Lipinski definition) is 5. The zero-order chi connectivity index (χ0) is 31.6. The maximum absolute atomic E-state index is 13.8. The van der Waals surface area contributed by atoms with Crippen LogP contribution in [0.2, 0.25) is 0 Å². The van der Waals surface area contributed by atoms with Crippen LogP contribution in [0.15, 0.2) is 109 Å². The Morgan fingerprint density at radius 1 is 0.844 bits per heavy atom. The first-order valence-corrected chi connectivity index (χ1v) is 16.4. The molecule has 45 heavy (non-hydrogen) atoms. The Balaban J connectivity index is 1.53. The topological polar surface area (TPSA) is 55.8 Å². The molecule has 0 N–H and O–H groups in total. The van der Waals surface area contributed by atoms with Crippen molar-refractivity contribution in [2.75, 3.05) is 18.1 Å². The van der Waals surface area contributed by atoms with Crippen LogP contribution < -0.4 is 14.4 Å². The highest BCUT2D eigenvalue weighted by Gasteiger charge is 2.43. The molecule has 1 heterocycles. The summed E-state index contributed by atoms with van der Waals surface area (Å²) in [6.45, 7) is 5.38. The molecule has 0 unspecified atom stereocenters. The Bertz CT molecular complexity index is 1610.